The molecule has 0 atom stereocenters. The zero-order valence-electron chi connectivity index (χ0n) is 17.5. The molecule has 2 heterocycles. The lowest BCUT2D eigenvalue weighted by molar-refractivity contribution is -0.139. The number of hydrogen-bond acceptors (Lipinski definition) is 8. The normalized spacial score (nSPS) is 14.4. The van der Waals surface area contributed by atoms with E-state index >= 15 is 0 Å². The molecule has 1 aromatic heterocycles. The fourth-order valence-electron chi connectivity index (χ4n) is 2.88. The Kier molecular flexibility index (Phi) is 7.38. The Hall–Kier alpha value is -3.80. The fourth-order valence-corrected chi connectivity index (χ4v) is 3.32. The van der Waals surface area contributed by atoms with Crippen LogP contribution < -0.4 is 14.8 Å². The third-order valence-corrected chi connectivity index (χ3v) is 5.03. The molecule has 12 heteroatoms. The average molecular weight is 523 g/mol. The zero-order chi connectivity index (χ0) is 24.1. The Morgan fingerprint density at radius 3 is 2.61 bits per heavy atom. The molecule has 0 unspecified atom stereocenters. The Morgan fingerprint density at radius 1 is 1.21 bits per heavy atom. The predicted molar refractivity (Wildman–Crippen MR) is 116 cm³/mol. The first kappa shape index (κ1) is 23.9. The molecular formula is C21H19BrN2O9. The highest BCUT2D eigenvalue weighted by Gasteiger charge is 2.34. The second-order valence-electron chi connectivity index (χ2n) is 6.57. The number of urea groups is 1. The number of ether oxygens (including phenoxy) is 3. The number of carbonyl (C=O) groups excluding carboxylic acids is 3. The van der Waals surface area contributed by atoms with Crippen molar-refractivity contribution < 1.29 is 42.9 Å². The van der Waals surface area contributed by atoms with Gasteiger partial charge in [-0.15, -0.1) is 0 Å². The molecule has 2 aromatic rings. The van der Waals surface area contributed by atoms with Crippen molar-refractivity contribution in [1.29, 1.82) is 0 Å². The maximum absolute atomic E-state index is 12.8. The van der Waals surface area contributed by atoms with Crippen LogP contribution in [0.3, 0.4) is 0 Å². The van der Waals surface area contributed by atoms with Crippen LogP contribution in [0, 0.1) is 0 Å². The lowest BCUT2D eigenvalue weighted by Crippen LogP contribution is -2.30. The first-order chi connectivity index (χ1) is 15.7. The SMILES string of the molecule is CCOc1cc(/C=C2\NC(=O)N(Cc3ccc(C(=O)OC)o3)C2=O)c(Br)cc1OCC(=O)O. The highest BCUT2D eigenvalue weighted by atomic mass is 79.9. The summed E-state index contributed by atoms with van der Waals surface area (Å²) in [4.78, 5) is 48.4. The summed E-state index contributed by atoms with van der Waals surface area (Å²) in [6.07, 6.45) is 1.44. The number of benzene rings is 1. The standard InChI is InChI=1S/C21H19BrN2O9/c1-3-31-16-7-11(13(22)8-17(16)32-10-18(25)26)6-14-19(27)24(21(29)23-14)9-12-4-5-15(33-12)20(28)30-2/h4-8H,3,9-10H2,1-2H3,(H,23,29)(H,25,26)/b14-6-. The van der Waals surface area contributed by atoms with E-state index < -0.39 is 30.5 Å². The average Bonchev–Trinajstić information content (AvgIpc) is 3.35. The molecule has 0 aliphatic carbocycles. The van der Waals surface area contributed by atoms with Crippen molar-refractivity contribution >= 4 is 45.9 Å². The van der Waals surface area contributed by atoms with Gasteiger partial charge in [0.15, 0.2) is 18.1 Å². The van der Waals surface area contributed by atoms with Gasteiger partial charge in [0.25, 0.3) is 5.91 Å². The van der Waals surface area contributed by atoms with E-state index in [2.05, 4.69) is 26.0 Å². The van der Waals surface area contributed by atoms with Gasteiger partial charge >= 0.3 is 18.0 Å². The molecule has 0 spiro atoms. The highest BCUT2D eigenvalue weighted by molar-refractivity contribution is 9.10. The van der Waals surface area contributed by atoms with Gasteiger partial charge in [-0.25, -0.2) is 14.4 Å². The van der Waals surface area contributed by atoms with Crippen LogP contribution >= 0.6 is 15.9 Å². The fraction of sp³-hybridized carbons (Fsp3) is 0.238. The van der Waals surface area contributed by atoms with Gasteiger partial charge in [-0.2, -0.15) is 0 Å². The number of carboxylic acids is 1. The van der Waals surface area contributed by atoms with Crippen molar-refractivity contribution in [2.24, 2.45) is 0 Å². The number of amides is 3. The number of esters is 1. The Bertz CT molecular complexity index is 1140. The smallest absolute Gasteiger partial charge is 0.373 e. The molecule has 33 heavy (non-hydrogen) atoms. The number of nitrogens with zero attached hydrogens (tertiary/aromatic N) is 1. The summed E-state index contributed by atoms with van der Waals surface area (Å²) in [5.41, 5.74) is 0.486. The molecule has 0 saturated carbocycles. The van der Waals surface area contributed by atoms with Gasteiger partial charge in [0, 0.05) is 4.47 Å². The molecule has 0 radical (unpaired) electrons. The number of nitrogens with one attached hydrogen (secondary N) is 1. The molecule has 2 N–H and O–H groups in total. The van der Waals surface area contributed by atoms with Gasteiger partial charge in [0.2, 0.25) is 5.76 Å². The van der Waals surface area contributed by atoms with E-state index in [4.69, 9.17) is 19.0 Å². The minimum atomic E-state index is -1.14. The van der Waals surface area contributed by atoms with E-state index in [9.17, 15) is 19.2 Å². The molecule has 1 aliphatic rings. The summed E-state index contributed by atoms with van der Waals surface area (Å²) < 4.78 is 21.1. The number of methoxy groups -OCH3 is 1. The Morgan fingerprint density at radius 2 is 1.94 bits per heavy atom. The lowest BCUT2D eigenvalue weighted by Gasteiger charge is -2.13. The quantitative estimate of drug-likeness (QED) is 0.288. The Balaban J connectivity index is 1.83. The van der Waals surface area contributed by atoms with E-state index in [1.54, 1.807) is 13.0 Å². The van der Waals surface area contributed by atoms with Crippen molar-refractivity contribution in [3.63, 3.8) is 0 Å². The summed E-state index contributed by atoms with van der Waals surface area (Å²) in [6, 6.07) is 5.25. The van der Waals surface area contributed by atoms with Crippen molar-refractivity contribution in [2.75, 3.05) is 20.3 Å². The van der Waals surface area contributed by atoms with Crippen molar-refractivity contribution in [1.82, 2.24) is 10.2 Å². The van der Waals surface area contributed by atoms with Gasteiger partial charge in [0.1, 0.15) is 11.5 Å². The van der Waals surface area contributed by atoms with Gasteiger partial charge in [-0.1, -0.05) is 15.9 Å². The van der Waals surface area contributed by atoms with Gasteiger partial charge in [-0.3, -0.25) is 9.69 Å². The third kappa shape index (κ3) is 5.52. The topological polar surface area (TPSA) is 145 Å². The van der Waals surface area contributed by atoms with E-state index in [1.165, 1.54) is 31.4 Å². The van der Waals surface area contributed by atoms with Gasteiger partial charge in [0.05, 0.1) is 20.3 Å². The molecule has 3 rings (SSSR count). The molecular weight excluding hydrogens is 504 g/mol. The minimum absolute atomic E-state index is 0.00194. The highest BCUT2D eigenvalue weighted by Crippen LogP contribution is 2.35. The summed E-state index contributed by atoms with van der Waals surface area (Å²) in [6.45, 7) is 1.30. The van der Waals surface area contributed by atoms with Crippen LogP contribution in [0.1, 0.15) is 28.8 Å². The van der Waals surface area contributed by atoms with E-state index in [0.717, 1.165) is 4.90 Å². The molecule has 0 bridgehead atoms. The number of furan rings is 1. The molecule has 1 fully saturated rings. The summed E-state index contributed by atoms with van der Waals surface area (Å²) in [5.74, 6) is -1.77. The molecule has 174 valence electrons. The van der Waals surface area contributed by atoms with Crippen LogP contribution in [0.25, 0.3) is 6.08 Å². The molecule has 1 aliphatic heterocycles. The van der Waals surface area contributed by atoms with Crippen molar-refractivity contribution in [2.45, 2.75) is 13.5 Å². The van der Waals surface area contributed by atoms with Crippen LogP contribution in [0.15, 0.2) is 38.9 Å². The van der Waals surface area contributed by atoms with Crippen LogP contribution in [-0.4, -0.2) is 54.2 Å². The summed E-state index contributed by atoms with van der Waals surface area (Å²) in [5, 5.41) is 11.3. The van der Waals surface area contributed by atoms with Crippen LogP contribution in [-0.2, 0) is 20.9 Å². The summed E-state index contributed by atoms with van der Waals surface area (Å²) >= 11 is 3.35. The molecule has 1 saturated heterocycles. The second-order valence-corrected chi connectivity index (χ2v) is 7.43. The van der Waals surface area contributed by atoms with E-state index in [1.807, 2.05) is 0 Å². The van der Waals surface area contributed by atoms with Gasteiger partial charge in [-0.05, 0) is 42.8 Å². The number of aliphatic carboxylic acids is 1. The van der Waals surface area contributed by atoms with Crippen molar-refractivity contribution in [3.05, 3.63) is 51.5 Å². The predicted octanol–water partition coefficient (Wildman–Crippen LogP) is 2.78. The largest absolute Gasteiger partial charge is 0.490 e. The number of rotatable bonds is 9. The maximum Gasteiger partial charge on any atom is 0.373 e. The maximum atomic E-state index is 12.8. The number of imide groups is 1. The number of carbonyl (C=O) groups is 4. The minimum Gasteiger partial charge on any atom is -0.490 e. The number of carboxylic acid groups (broad SMARTS) is 1. The lowest BCUT2D eigenvalue weighted by atomic mass is 10.1. The van der Waals surface area contributed by atoms with Crippen LogP contribution in [0.5, 0.6) is 11.5 Å². The van der Waals surface area contributed by atoms with Gasteiger partial charge < -0.3 is 29.1 Å². The Labute approximate surface area is 196 Å². The zero-order valence-corrected chi connectivity index (χ0v) is 19.1. The second kappa shape index (κ2) is 10.2. The van der Waals surface area contributed by atoms with Crippen LogP contribution in [0.4, 0.5) is 4.79 Å². The third-order valence-electron chi connectivity index (χ3n) is 4.34. The monoisotopic (exact) mass is 522 g/mol. The van der Waals surface area contributed by atoms with E-state index in [0.29, 0.717) is 16.6 Å². The number of hydrogen-bond donors (Lipinski definition) is 2. The van der Waals surface area contributed by atoms with Crippen molar-refractivity contribution in [3.8, 4) is 11.5 Å². The summed E-state index contributed by atoms with van der Waals surface area (Å²) in [7, 11) is 1.21. The molecule has 1 aromatic carbocycles. The number of halogens is 1. The van der Waals surface area contributed by atoms with Crippen LogP contribution in [0.2, 0.25) is 0 Å². The first-order valence-corrected chi connectivity index (χ1v) is 10.3. The van der Waals surface area contributed by atoms with E-state index in [-0.39, 0.29) is 35.3 Å². The first-order valence-electron chi connectivity index (χ1n) is 9.56. The molecule has 11 nitrogen and oxygen atoms in total. The molecule has 3 amide bonds.